The van der Waals surface area contributed by atoms with Crippen LogP contribution in [0.2, 0.25) is 0 Å². The van der Waals surface area contributed by atoms with Crippen molar-refractivity contribution in [3.05, 3.63) is 0 Å². The van der Waals surface area contributed by atoms with Crippen LogP contribution < -0.4 is 0 Å². The van der Waals surface area contributed by atoms with Crippen molar-refractivity contribution in [3.8, 4) is 0 Å². The molecule has 1 aliphatic heterocycles. The molecule has 0 aromatic rings. The fraction of sp³-hybridized carbons (Fsp3) is 0.857. The molecule has 6 nitrogen and oxygen atoms in total. The molecule has 1 aliphatic carbocycles. The Labute approximate surface area is 119 Å². The number of aliphatic carboxylic acids is 1. The first-order valence-electron chi connectivity index (χ1n) is 7.42. The molecule has 2 unspecified atom stereocenters. The van der Waals surface area contributed by atoms with E-state index in [0.717, 1.165) is 37.2 Å². The van der Waals surface area contributed by atoms with E-state index >= 15 is 0 Å². The minimum absolute atomic E-state index is 0.0925. The van der Waals surface area contributed by atoms with Crippen LogP contribution in [0.1, 0.15) is 44.9 Å². The second-order valence-corrected chi connectivity index (χ2v) is 5.67. The van der Waals surface area contributed by atoms with Crippen LogP contribution in [0.25, 0.3) is 0 Å². The average molecular weight is 285 g/mol. The first-order chi connectivity index (χ1) is 9.69. The number of ether oxygens (including phenoxy) is 1. The lowest BCUT2D eigenvalue weighted by molar-refractivity contribution is -0.276. The average Bonchev–Trinajstić information content (AvgIpc) is 2.40. The number of amides is 1. The Kier molecular flexibility index (Phi) is 5.79. The maximum absolute atomic E-state index is 11.3. The van der Waals surface area contributed by atoms with Gasteiger partial charge in [-0.2, -0.15) is 0 Å². The van der Waals surface area contributed by atoms with E-state index in [1.165, 1.54) is 6.42 Å². The van der Waals surface area contributed by atoms with Crippen LogP contribution in [0.3, 0.4) is 0 Å². The van der Waals surface area contributed by atoms with Crippen LogP contribution in [-0.4, -0.2) is 42.0 Å². The van der Waals surface area contributed by atoms with Gasteiger partial charge in [0.05, 0.1) is 12.5 Å². The Morgan fingerprint density at radius 2 is 2.15 bits per heavy atom. The summed E-state index contributed by atoms with van der Waals surface area (Å²) < 4.78 is 5.40. The molecule has 1 saturated heterocycles. The highest BCUT2D eigenvalue weighted by atomic mass is 16.8. The molecule has 1 amide bonds. The highest BCUT2D eigenvalue weighted by Crippen LogP contribution is 2.32. The zero-order valence-corrected chi connectivity index (χ0v) is 11.7. The normalized spacial score (nSPS) is 24.7. The van der Waals surface area contributed by atoms with Crippen molar-refractivity contribution in [1.29, 1.82) is 0 Å². The number of carboxylic acids is 1. The lowest BCUT2D eigenvalue weighted by atomic mass is 9.79. The molecule has 1 heterocycles. The summed E-state index contributed by atoms with van der Waals surface area (Å²) in [5, 5.41) is 10.4. The predicted octanol–water partition coefficient (Wildman–Crippen LogP) is 1.79. The number of nitrogens with zero attached hydrogens (tertiary/aromatic N) is 1. The number of hydrogen-bond donors (Lipinski definition) is 1. The molecule has 0 spiro atoms. The van der Waals surface area contributed by atoms with Crippen molar-refractivity contribution in [2.24, 2.45) is 11.8 Å². The van der Waals surface area contributed by atoms with Crippen LogP contribution >= 0.6 is 0 Å². The molecule has 2 aliphatic rings. The Balaban J connectivity index is 1.81. The predicted molar refractivity (Wildman–Crippen MR) is 70.5 cm³/mol. The van der Waals surface area contributed by atoms with Crippen LogP contribution in [0, 0.1) is 11.8 Å². The quantitative estimate of drug-likeness (QED) is 0.543. The summed E-state index contributed by atoms with van der Waals surface area (Å²) in [5.41, 5.74) is 0. The van der Waals surface area contributed by atoms with E-state index in [4.69, 9.17) is 9.57 Å². The van der Waals surface area contributed by atoms with Gasteiger partial charge in [0.25, 0.3) is 0 Å². The molecule has 0 aromatic heterocycles. The fourth-order valence-corrected chi connectivity index (χ4v) is 2.66. The number of carbonyl (C=O) groups is 2. The second-order valence-electron chi connectivity index (χ2n) is 5.67. The zero-order valence-electron chi connectivity index (χ0n) is 11.7. The van der Waals surface area contributed by atoms with Crippen molar-refractivity contribution < 1.29 is 24.3 Å². The SMILES string of the molecule is O=CN(CC(CC1CCC1)C(=O)O)OC1CCCCO1. The first kappa shape index (κ1) is 15.3. The van der Waals surface area contributed by atoms with Crippen molar-refractivity contribution in [2.75, 3.05) is 13.2 Å². The minimum atomic E-state index is -0.864. The lowest BCUT2D eigenvalue weighted by Crippen LogP contribution is -2.38. The van der Waals surface area contributed by atoms with Gasteiger partial charge >= 0.3 is 5.97 Å². The van der Waals surface area contributed by atoms with Gasteiger partial charge in [0.15, 0.2) is 6.29 Å². The zero-order chi connectivity index (χ0) is 14.4. The fourth-order valence-electron chi connectivity index (χ4n) is 2.66. The molecular formula is C14H23NO5. The largest absolute Gasteiger partial charge is 0.481 e. The Morgan fingerprint density at radius 3 is 2.65 bits per heavy atom. The van der Waals surface area contributed by atoms with Gasteiger partial charge in [-0.25, -0.2) is 9.90 Å². The lowest BCUT2D eigenvalue weighted by Gasteiger charge is -2.31. The molecule has 6 heteroatoms. The summed E-state index contributed by atoms with van der Waals surface area (Å²) >= 11 is 0. The van der Waals surface area contributed by atoms with Gasteiger partial charge in [0.2, 0.25) is 6.41 Å². The topological polar surface area (TPSA) is 76.1 Å². The monoisotopic (exact) mass is 285 g/mol. The standard InChI is InChI=1S/C14H23NO5/c16-10-15(20-13-6-1-2-7-19-13)9-12(14(17)18)8-11-4-3-5-11/h10-13H,1-9H2,(H,17,18). The number of hydrogen-bond acceptors (Lipinski definition) is 4. The van der Waals surface area contributed by atoms with Crippen molar-refractivity contribution >= 4 is 12.4 Å². The summed E-state index contributed by atoms with van der Waals surface area (Å²) in [7, 11) is 0. The van der Waals surface area contributed by atoms with Gasteiger partial charge in [0, 0.05) is 13.0 Å². The Bertz CT molecular complexity index is 326. The molecule has 1 saturated carbocycles. The highest BCUT2D eigenvalue weighted by Gasteiger charge is 2.29. The van der Waals surface area contributed by atoms with Crippen molar-refractivity contribution in [2.45, 2.75) is 51.2 Å². The molecular weight excluding hydrogens is 262 g/mol. The molecule has 1 N–H and O–H groups in total. The smallest absolute Gasteiger partial charge is 0.308 e. The van der Waals surface area contributed by atoms with E-state index in [1.54, 1.807) is 0 Å². The van der Waals surface area contributed by atoms with Crippen LogP contribution in [-0.2, 0) is 19.2 Å². The van der Waals surface area contributed by atoms with E-state index in [-0.39, 0.29) is 6.54 Å². The summed E-state index contributed by atoms with van der Waals surface area (Å²) in [4.78, 5) is 27.8. The van der Waals surface area contributed by atoms with Crippen molar-refractivity contribution in [1.82, 2.24) is 5.06 Å². The van der Waals surface area contributed by atoms with Gasteiger partial charge in [-0.05, 0) is 25.2 Å². The summed E-state index contributed by atoms with van der Waals surface area (Å²) in [6.45, 7) is 0.719. The molecule has 114 valence electrons. The second kappa shape index (κ2) is 7.59. The van der Waals surface area contributed by atoms with E-state index in [9.17, 15) is 14.7 Å². The third-order valence-electron chi connectivity index (χ3n) is 4.10. The van der Waals surface area contributed by atoms with Crippen LogP contribution in [0.5, 0.6) is 0 Å². The van der Waals surface area contributed by atoms with Crippen LogP contribution in [0.15, 0.2) is 0 Å². The molecule has 0 radical (unpaired) electrons. The van der Waals surface area contributed by atoms with E-state index in [2.05, 4.69) is 0 Å². The molecule has 0 bridgehead atoms. The van der Waals surface area contributed by atoms with Gasteiger partial charge in [0.1, 0.15) is 0 Å². The third-order valence-corrected chi connectivity index (χ3v) is 4.10. The number of rotatable bonds is 8. The molecule has 2 atom stereocenters. The van der Waals surface area contributed by atoms with E-state index in [1.807, 2.05) is 0 Å². The molecule has 2 rings (SSSR count). The van der Waals surface area contributed by atoms with Gasteiger partial charge in [-0.3, -0.25) is 9.59 Å². The highest BCUT2D eigenvalue weighted by molar-refractivity contribution is 5.70. The van der Waals surface area contributed by atoms with Gasteiger partial charge < -0.3 is 9.84 Å². The molecule has 20 heavy (non-hydrogen) atoms. The first-order valence-corrected chi connectivity index (χ1v) is 7.42. The summed E-state index contributed by atoms with van der Waals surface area (Å²) in [6.07, 6.45) is 6.86. The summed E-state index contributed by atoms with van der Waals surface area (Å²) in [5.74, 6) is -0.943. The third kappa shape index (κ3) is 4.45. The Hall–Kier alpha value is -1.14. The van der Waals surface area contributed by atoms with Crippen LogP contribution in [0.4, 0.5) is 0 Å². The van der Waals surface area contributed by atoms with Gasteiger partial charge in [-0.1, -0.05) is 19.3 Å². The minimum Gasteiger partial charge on any atom is -0.481 e. The maximum atomic E-state index is 11.3. The van der Waals surface area contributed by atoms with Gasteiger partial charge in [-0.15, -0.1) is 0 Å². The maximum Gasteiger partial charge on any atom is 0.308 e. The Morgan fingerprint density at radius 1 is 1.35 bits per heavy atom. The van der Waals surface area contributed by atoms with E-state index in [0.29, 0.717) is 25.4 Å². The van der Waals surface area contributed by atoms with Crippen molar-refractivity contribution in [3.63, 3.8) is 0 Å². The summed E-state index contributed by atoms with van der Waals surface area (Å²) in [6, 6.07) is 0. The molecule has 0 aromatic carbocycles. The van der Waals surface area contributed by atoms with E-state index < -0.39 is 18.2 Å². The number of hydroxylamine groups is 2. The number of carbonyl (C=O) groups excluding carboxylic acids is 1. The number of carboxylic acid groups (broad SMARTS) is 1. The molecule has 2 fully saturated rings.